The van der Waals surface area contributed by atoms with Gasteiger partial charge in [0.1, 0.15) is 11.5 Å². The van der Waals surface area contributed by atoms with E-state index in [1.165, 1.54) is 27.6 Å². The molecule has 0 radical (unpaired) electrons. The van der Waals surface area contributed by atoms with Gasteiger partial charge in [-0.2, -0.15) is 14.6 Å². The molecule has 12 heteroatoms. The summed E-state index contributed by atoms with van der Waals surface area (Å²) in [5.41, 5.74) is 0.712. The quantitative estimate of drug-likeness (QED) is 0.342. The average molecular weight is 441 g/mol. The van der Waals surface area contributed by atoms with E-state index < -0.39 is 0 Å². The van der Waals surface area contributed by atoms with Crippen molar-refractivity contribution in [1.29, 1.82) is 0 Å². The van der Waals surface area contributed by atoms with Crippen molar-refractivity contribution in [3.63, 3.8) is 0 Å². The number of allylic oxidation sites excluding steroid dienone is 1. The number of thioether (sulfide) groups is 1. The molecule has 0 aliphatic rings. The second-order valence-electron chi connectivity index (χ2n) is 6.10. The lowest BCUT2D eigenvalue weighted by atomic mass is 10.3. The van der Waals surface area contributed by atoms with Crippen LogP contribution in [-0.2, 0) is 11.3 Å². The molecule has 0 unspecified atom stereocenters. The largest absolute Gasteiger partial charge is 0.309 e. The number of pyridine rings is 1. The summed E-state index contributed by atoms with van der Waals surface area (Å²) >= 11 is 2.49. The van der Waals surface area contributed by atoms with Crippen LogP contribution in [0.15, 0.2) is 52.5 Å². The molecule has 0 fully saturated rings. The third kappa shape index (κ3) is 4.00. The fourth-order valence-electron chi connectivity index (χ4n) is 2.63. The summed E-state index contributed by atoms with van der Waals surface area (Å²) in [6, 6.07) is 3.72. The van der Waals surface area contributed by atoms with Crippen molar-refractivity contribution in [3.8, 4) is 11.4 Å². The third-order valence-corrected chi connectivity index (χ3v) is 5.77. The van der Waals surface area contributed by atoms with Gasteiger partial charge < -0.3 is 5.32 Å². The van der Waals surface area contributed by atoms with Crippen molar-refractivity contribution in [2.75, 3.05) is 11.1 Å². The Kier molecular flexibility index (Phi) is 5.68. The van der Waals surface area contributed by atoms with Crippen LogP contribution in [0.2, 0.25) is 0 Å². The molecule has 1 N–H and O–H groups in total. The number of carbonyl (C=O) groups excluding carboxylic acids is 1. The monoisotopic (exact) mass is 440 g/mol. The van der Waals surface area contributed by atoms with E-state index >= 15 is 0 Å². The molecular formula is C18H16N8O2S2. The molecule has 0 saturated carbocycles. The molecule has 0 saturated heterocycles. The van der Waals surface area contributed by atoms with Gasteiger partial charge in [-0.25, -0.2) is 0 Å². The highest BCUT2D eigenvalue weighted by Crippen LogP contribution is 2.24. The van der Waals surface area contributed by atoms with Crippen LogP contribution in [0.1, 0.15) is 5.69 Å². The topological polar surface area (TPSA) is 120 Å². The molecule has 4 aromatic heterocycles. The van der Waals surface area contributed by atoms with Gasteiger partial charge in [-0.05, 0) is 19.1 Å². The highest BCUT2D eigenvalue weighted by Gasteiger charge is 2.16. The normalized spacial score (nSPS) is 11.0. The Morgan fingerprint density at radius 1 is 1.40 bits per heavy atom. The first kappa shape index (κ1) is 19.9. The van der Waals surface area contributed by atoms with Gasteiger partial charge in [0.05, 0.1) is 5.75 Å². The average Bonchev–Trinajstić information content (AvgIpc) is 3.32. The number of amides is 1. The van der Waals surface area contributed by atoms with Crippen molar-refractivity contribution < 1.29 is 4.79 Å². The van der Waals surface area contributed by atoms with E-state index in [1.54, 1.807) is 30.8 Å². The maximum Gasteiger partial charge on any atom is 0.295 e. The van der Waals surface area contributed by atoms with Crippen LogP contribution < -0.4 is 10.9 Å². The summed E-state index contributed by atoms with van der Waals surface area (Å²) in [6.07, 6.45) is 5.14. The molecular weight excluding hydrogens is 424 g/mol. The lowest BCUT2D eigenvalue weighted by Crippen LogP contribution is -2.19. The first-order valence-electron chi connectivity index (χ1n) is 8.79. The van der Waals surface area contributed by atoms with E-state index in [1.807, 2.05) is 16.7 Å². The number of rotatable bonds is 7. The van der Waals surface area contributed by atoms with Gasteiger partial charge >= 0.3 is 0 Å². The molecule has 0 spiro atoms. The van der Waals surface area contributed by atoms with Crippen LogP contribution in [0.3, 0.4) is 0 Å². The first-order chi connectivity index (χ1) is 14.6. The number of hydrogen-bond donors (Lipinski definition) is 1. The molecule has 10 nitrogen and oxygen atoms in total. The van der Waals surface area contributed by atoms with Gasteiger partial charge in [0.15, 0.2) is 11.0 Å². The molecule has 152 valence electrons. The summed E-state index contributed by atoms with van der Waals surface area (Å²) < 4.78 is 3.33. The fraction of sp³-hybridized carbons (Fsp3) is 0.167. The second kappa shape index (κ2) is 8.55. The third-order valence-electron chi connectivity index (χ3n) is 3.99. The predicted molar refractivity (Wildman–Crippen MR) is 115 cm³/mol. The number of hydrogen-bond acceptors (Lipinski definition) is 9. The van der Waals surface area contributed by atoms with Crippen molar-refractivity contribution in [1.82, 2.24) is 34.3 Å². The van der Waals surface area contributed by atoms with E-state index in [2.05, 4.69) is 37.2 Å². The number of aryl methyl sites for hydroxylation is 1. The van der Waals surface area contributed by atoms with E-state index in [-0.39, 0.29) is 22.9 Å². The van der Waals surface area contributed by atoms with Crippen molar-refractivity contribution in [2.45, 2.75) is 18.6 Å². The van der Waals surface area contributed by atoms with Gasteiger partial charge in [0, 0.05) is 29.9 Å². The van der Waals surface area contributed by atoms with Crippen LogP contribution >= 0.6 is 23.1 Å². The maximum absolute atomic E-state index is 12.5. The van der Waals surface area contributed by atoms with Crippen LogP contribution in [0.25, 0.3) is 16.3 Å². The molecule has 4 heterocycles. The van der Waals surface area contributed by atoms with Crippen molar-refractivity contribution >= 4 is 39.8 Å². The van der Waals surface area contributed by atoms with E-state index in [0.717, 1.165) is 5.56 Å². The van der Waals surface area contributed by atoms with Gasteiger partial charge in [-0.15, -0.1) is 28.1 Å². The highest BCUT2D eigenvalue weighted by atomic mass is 32.2. The Morgan fingerprint density at radius 3 is 3.03 bits per heavy atom. The minimum absolute atomic E-state index is 0.117. The zero-order valence-electron chi connectivity index (χ0n) is 15.8. The smallest absolute Gasteiger partial charge is 0.295 e. The Hall–Kier alpha value is -3.38. The van der Waals surface area contributed by atoms with E-state index in [9.17, 15) is 9.59 Å². The van der Waals surface area contributed by atoms with Crippen LogP contribution in [0.5, 0.6) is 0 Å². The molecule has 4 aromatic rings. The zero-order chi connectivity index (χ0) is 21.1. The Bertz CT molecular complexity index is 1280. The molecule has 0 bridgehead atoms. The van der Waals surface area contributed by atoms with Gasteiger partial charge in [-0.3, -0.25) is 19.1 Å². The predicted octanol–water partition coefficient (Wildman–Crippen LogP) is 2.03. The Morgan fingerprint density at radius 2 is 2.27 bits per heavy atom. The number of thiazole rings is 1. The SMILES string of the molecule is C=CCn1c(SCC(=O)Nc2csc3nc(=O)c(C)nn23)nnc1-c1cccnc1. The van der Waals surface area contributed by atoms with Crippen LogP contribution in [0, 0.1) is 6.92 Å². The van der Waals surface area contributed by atoms with E-state index in [0.29, 0.717) is 28.3 Å². The molecule has 4 rings (SSSR count). The summed E-state index contributed by atoms with van der Waals surface area (Å²) in [7, 11) is 0. The number of carbonyl (C=O) groups is 1. The van der Waals surface area contributed by atoms with Crippen molar-refractivity contribution in [2.24, 2.45) is 0 Å². The van der Waals surface area contributed by atoms with Gasteiger partial charge in [0.25, 0.3) is 5.56 Å². The number of aromatic nitrogens is 7. The molecule has 1 amide bonds. The van der Waals surface area contributed by atoms with Gasteiger partial charge in [0.2, 0.25) is 10.9 Å². The standard InChI is InChI=1S/C18H16N8O2S2/c1-3-7-25-15(12-5-4-6-19-8-12)22-23-18(25)30-10-14(27)20-13-9-29-17-21-16(28)11(2)24-26(13)17/h3-6,8-9H,1,7,10H2,2H3,(H,20,27). The lowest BCUT2D eigenvalue weighted by Gasteiger charge is -2.08. The van der Waals surface area contributed by atoms with Crippen LogP contribution in [0.4, 0.5) is 5.82 Å². The van der Waals surface area contributed by atoms with E-state index in [4.69, 9.17) is 0 Å². The van der Waals surface area contributed by atoms with Crippen molar-refractivity contribution in [3.05, 3.63) is 58.6 Å². The number of fused-ring (bicyclic) bond motifs is 1. The zero-order valence-corrected chi connectivity index (χ0v) is 17.5. The van der Waals surface area contributed by atoms with Gasteiger partial charge in [-0.1, -0.05) is 17.8 Å². The number of nitrogens with one attached hydrogen (secondary N) is 1. The molecule has 0 aliphatic heterocycles. The molecule has 0 aliphatic carbocycles. The van der Waals surface area contributed by atoms with Crippen LogP contribution in [-0.4, -0.2) is 46.0 Å². The fourth-order valence-corrected chi connectivity index (χ4v) is 4.13. The Labute approximate surface area is 178 Å². The minimum atomic E-state index is -0.378. The summed E-state index contributed by atoms with van der Waals surface area (Å²) in [5.74, 6) is 0.991. The molecule has 30 heavy (non-hydrogen) atoms. The summed E-state index contributed by atoms with van der Waals surface area (Å²) in [5, 5.41) is 17.7. The number of nitrogens with zero attached hydrogens (tertiary/aromatic N) is 7. The maximum atomic E-state index is 12.5. The minimum Gasteiger partial charge on any atom is -0.309 e. The first-order valence-corrected chi connectivity index (χ1v) is 10.7. The highest BCUT2D eigenvalue weighted by molar-refractivity contribution is 7.99. The summed E-state index contributed by atoms with van der Waals surface area (Å²) in [4.78, 5) is 32.6. The molecule has 0 aromatic carbocycles. The Balaban J connectivity index is 1.49. The lowest BCUT2D eigenvalue weighted by molar-refractivity contribution is -0.113. The number of anilines is 1. The molecule has 0 atom stereocenters. The second-order valence-corrected chi connectivity index (χ2v) is 7.88. The summed E-state index contributed by atoms with van der Waals surface area (Å²) in [6.45, 7) is 5.86.